The molecular weight excluding hydrogens is 450 g/mol. The van der Waals surface area contributed by atoms with Crippen LogP contribution in [0.25, 0.3) is 16.9 Å². The number of aromatic nitrogens is 5. The van der Waals surface area contributed by atoms with Crippen molar-refractivity contribution in [2.45, 2.75) is 71.9 Å². The van der Waals surface area contributed by atoms with Crippen LogP contribution in [0.1, 0.15) is 71.3 Å². The van der Waals surface area contributed by atoms with E-state index in [1.165, 1.54) is 11.1 Å². The molecule has 1 aliphatic heterocycles. The Morgan fingerprint density at radius 2 is 1.89 bits per heavy atom. The fourth-order valence-electron chi connectivity index (χ4n) is 4.95. The Bertz CT molecular complexity index is 1500. The molecule has 1 aromatic carbocycles. The molecule has 0 spiro atoms. The van der Waals surface area contributed by atoms with E-state index in [0.29, 0.717) is 17.2 Å². The molecule has 0 saturated heterocycles. The zero-order valence-electron chi connectivity index (χ0n) is 22.2. The van der Waals surface area contributed by atoms with E-state index in [2.05, 4.69) is 73.4 Å². The smallest absolute Gasteiger partial charge is 0.276 e. The van der Waals surface area contributed by atoms with Gasteiger partial charge in [0.15, 0.2) is 0 Å². The molecule has 0 unspecified atom stereocenters. The van der Waals surface area contributed by atoms with E-state index in [1.54, 1.807) is 17.1 Å². The number of pyridine rings is 1. The molecule has 2 N–H and O–H groups in total. The van der Waals surface area contributed by atoms with Crippen molar-refractivity contribution in [3.63, 3.8) is 0 Å². The van der Waals surface area contributed by atoms with Crippen LogP contribution >= 0.6 is 0 Å². The summed E-state index contributed by atoms with van der Waals surface area (Å²) >= 11 is 0. The van der Waals surface area contributed by atoms with E-state index in [4.69, 9.17) is 4.98 Å². The van der Waals surface area contributed by atoms with Crippen molar-refractivity contribution in [3.8, 4) is 5.95 Å². The summed E-state index contributed by atoms with van der Waals surface area (Å²) in [6.07, 6.45) is 3.40. The van der Waals surface area contributed by atoms with Gasteiger partial charge in [-0.25, -0.2) is 24.3 Å². The summed E-state index contributed by atoms with van der Waals surface area (Å²) in [5.41, 5.74) is 5.10. The van der Waals surface area contributed by atoms with Gasteiger partial charge in [0.1, 0.15) is 5.82 Å². The van der Waals surface area contributed by atoms with Crippen LogP contribution in [0.5, 0.6) is 0 Å². The van der Waals surface area contributed by atoms with Gasteiger partial charge in [-0.05, 0) is 43.2 Å². The Morgan fingerprint density at radius 3 is 2.61 bits per heavy atom. The average Bonchev–Trinajstić information content (AvgIpc) is 3.10. The lowest BCUT2D eigenvalue weighted by atomic mass is 9.79. The van der Waals surface area contributed by atoms with Gasteiger partial charge in [0.05, 0.1) is 16.6 Å². The quantitative estimate of drug-likeness (QED) is 0.424. The number of hydrogen-bond acceptors (Lipinski definition) is 6. The van der Waals surface area contributed by atoms with Crippen molar-refractivity contribution in [2.24, 2.45) is 0 Å². The maximum Gasteiger partial charge on any atom is 0.276 e. The predicted octanol–water partition coefficient (Wildman–Crippen LogP) is 4.98. The maximum atomic E-state index is 13.4. The monoisotopic (exact) mass is 485 g/mol. The van der Waals surface area contributed by atoms with Crippen LogP contribution in [0.4, 0.5) is 11.5 Å². The van der Waals surface area contributed by atoms with Gasteiger partial charge < -0.3 is 10.6 Å². The molecular formula is C28H35N7O. The van der Waals surface area contributed by atoms with Crippen molar-refractivity contribution in [1.29, 1.82) is 0 Å². The molecule has 8 heteroatoms. The molecule has 8 nitrogen and oxygen atoms in total. The van der Waals surface area contributed by atoms with Gasteiger partial charge in [0.25, 0.3) is 5.56 Å². The van der Waals surface area contributed by atoms with Crippen molar-refractivity contribution in [2.75, 3.05) is 11.9 Å². The van der Waals surface area contributed by atoms with Crippen LogP contribution in [-0.2, 0) is 17.4 Å². The highest BCUT2D eigenvalue weighted by atomic mass is 16.1. The highest BCUT2D eigenvalue weighted by molar-refractivity contribution is 5.82. The van der Waals surface area contributed by atoms with Gasteiger partial charge in [-0.1, -0.05) is 40.7 Å². The number of rotatable bonds is 4. The number of hydrogen-bond donors (Lipinski definition) is 2. The average molecular weight is 486 g/mol. The summed E-state index contributed by atoms with van der Waals surface area (Å²) in [5.74, 6) is 1.13. The van der Waals surface area contributed by atoms with Crippen molar-refractivity contribution < 1.29 is 0 Å². The number of fused-ring (bicyclic) bond motifs is 2. The molecule has 1 aliphatic rings. The Balaban J connectivity index is 1.61. The zero-order valence-corrected chi connectivity index (χ0v) is 22.2. The first-order valence-corrected chi connectivity index (χ1v) is 12.5. The van der Waals surface area contributed by atoms with Crippen LogP contribution in [0, 0.1) is 0 Å². The summed E-state index contributed by atoms with van der Waals surface area (Å²) in [6, 6.07) is 10.2. The van der Waals surface area contributed by atoms with Crippen LogP contribution in [-0.4, -0.2) is 30.9 Å². The first-order valence-electron chi connectivity index (χ1n) is 12.5. The predicted molar refractivity (Wildman–Crippen MR) is 144 cm³/mol. The topological polar surface area (TPSA) is 89.7 Å². The fraction of sp³-hybridized carbons (Fsp3) is 0.429. The van der Waals surface area contributed by atoms with Gasteiger partial charge in [-0.15, -0.1) is 0 Å². The van der Waals surface area contributed by atoms with Gasteiger partial charge in [0, 0.05) is 54.1 Å². The third-order valence-electron chi connectivity index (χ3n) is 6.84. The Kier molecular flexibility index (Phi) is 5.75. The minimum absolute atomic E-state index is 0.0836. The lowest BCUT2D eigenvalue weighted by Crippen LogP contribution is -2.38. The Labute approximate surface area is 211 Å². The third-order valence-corrected chi connectivity index (χ3v) is 6.84. The summed E-state index contributed by atoms with van der Waals surface area (Å²) in [6.45, 7) is 16.6. The van der Waals surface area contributed by atoms with Gasteiger partial charge in [-0.3, -0.25) is 4.79 Å². The minimum atomic E-state index is -0.145. The van der Waals surface area contributed by atoms with E-state index < -0.39 is 0 Å². The molecule has 0 fully saturated rings. The first-order chi connectivity index (χ1) is 17.0. The standard InChI is InChI=1S/C28H35N7O/c1-17(2)34-25(36)20-15-31-24(32-19-8-9-21-18(12-19)14-29-16-28(21,6)7)13-22(20)35(34)26-30-11-10-23(33-26)27(3,4)5/h8-13,15,17,29H,14,16H2,1-7H3,(H,31,32). The van der Waals surface area contributed by atoms with Gasteiger partial charge in [-0.2, -0.15) is 0 Å². The molecule has 0 saturated carbocycles. The molecule has 0 amide bonds. The number of nitrogens with zero attached hydrogens (tertiary/aromatic N) is 5. The molecule has 4 heterocycles. The molecule has 36 heavy (non-hydrogen) atoms. The largest absolute Gasteiger partial charge is 0.340 e. The summed E-state index contributed by atoms with van der Waals surface area (Å²) in [4.78, 5) is 27.3. The summed E-state index contributed by atoms with van der Waals surface area (Å²) < 4.78 is 3.52. The normalized spacial score (nSPS) is 15.3. The number of anilines is 2. The van der Waals surface area contributed by atoms with Crippen LogP contribution in [0.2, 0.25) is 0 Å². The maximum absolute atomic E-state index is 13.4. The minimum Gasteiger partial charge on any atom is -0.340 e. The molecule has 0 atom stereocenters. The van der Waals surface area contributed by atoms with E-state index in [-0.39, 0.29) is 22.4 Å². The summed E-state index contributed by atoms with van der Waals surface area (Å²) in [7, 11) is 0. The van der Waals surface area contributed by atoms with Crippen LogP contribution in [0.15, 0.2) is 47.5 Å². The molecule has 4 aromatic rings. The van der Waals surface area contributed by atoms with Crippen molar-refractivity contribution in [3.05, 3.63) is 69.9 Å². The van der Waals surface area contributed by atoms with Crippen molar-refractivity contribution >= 4 is 22.4 Å². The number of benzene rings is 1. The Morgan fingerprint density at radius 1 is 1.11 bits per heavy atom. The van der Waals surface area contributed by atoms with Crippen LogP contribution in [0.3, 0.4) is 0 Å². The second kappa shape index (κ2) is 8.55. The van der Waals surface area contributed by atoms with Crippen molar-refractivity contribution in [1.82, 2.24) is 29.6 Å². The third kappa shape index (κ3) is 4.19. The van der Waals surface area contributed by atoms with E-state index in [0.717, 1.165) is 30.0 Å². The summed E-state index contributed by atoms with van der Waals surface area (Å²) in [5, 5.41) is 7.49. The fourth-order valence-corrected chi connectivity index (χ4v) is 4.95. The van der Waals surface area contributed by atoms with Crippen LogP contribution < -0.4 is 16.2 Å². The molecule has 3 aromatic heterocycles. The van der Waals surface area contributed by atoms with E-state index in [9.17, 15) is 4.79 Å². The molecule has 5 rings (SSSR count). The molecule has 188 valence electrons. The van der Waals surface area contributed by atoms with E-state index in [1.807, 2.05) is 30.7 Å². The van der Waals surface area contributed by atoms with Gasteiger partial charge in [0.2, 0.25) is 5.95 Å². The first kappa shape index (κ1) is 24.2. The van der Waals surface area contributed by atoms with Gasteiger partial charge >= 0.3 is 0 Å². The second-order valence-electron chi connectivity index (χ2n) is 11.6. The Hall–Kier alpha value is -3.52. The highest BCUT2D eigenvalue weighted by Crippen LogP contribution is 2.32. The second-order valence-corrected chi connectivity index (χ2v) is 11.6. The molecule has 0 radical (unpaired) electrons. The lowest BCUT2D eigenvalue weighted by molar-refractivity contribution is 0.435. The lowest BCUT2D eigenvalue weighted by Gasteiger charge is -2.33. The van der Waals surface area contributed by atoms with E-state index >= 15 is 0 Å². The molecule has 0 aliphatic carbocycles. The SMILES string of the molecule is CC(C)n1c(=O)c2cnc(Nc3ccc4c(c3)CNCC4(C)C)cc2n1-c1nccc(C(C)(C)C)n1. The highest BCUT2D eigenvalue weighted by Gasteiger charge is 2.27. The zero-order chi connectivity index (χ0) is 25.8. The molecule has 0 bridgehead atoms. The number of nitrogens with one attached hydrogen (secondary N) is 2.